The highest BCUT2D eigenvalue weighted by Crippen LogP contribution is 2.19. The number of aliphatic hydroxyl groups excluding tert-OH is 1. The molecule has 1 unspecified atom stereocenters. The van der Waals surface area contributed by atoms with Crippen molar-refractivity contribution in [3.8, 4) is 5.75 Å². The van der Waals surface area contributed by atoms with Crippen molar-refractivity contribution >= 4 is 22.6 Å². The molecular weight excluding hydrogens is 305 g/mol. The fourth-order valence-electron chi connectivity index (χ4n) is 1.12. The molecule has 0 radical (unpaired) electrons. The molecule has 0 amide bonds. The number of aliphatic hydroxyl groups is 1. The first-order valence-corrected chi connectivity index (χ1v) is 6.08. The van der Waals surface area contributed by atoms with Crippen LogP contribution in [0.3, 0.4) is 0 Å². The maximum atomic E-state index is 9.54. The number of rotatable bonds is 6. The van der Waals surface area contributed by atoms with Crippen molar-refractivity contribution in [1.82, 2.24) is 5.32 Å². The molecule has 0 saturated heterocycles. The summed E-state index contributed by atoms with van der Waals surface area (Å²) in [7, 11) is 0. The molecule has 15 heavy (non-hydrogen) atoms. The molecular formula is C11H16INO2. The van der Waals surface area contributed by atoms with E-state index in [0.717, 1.165) is 15.9 Å². The number of para-hydroxylation sites is 1. The number of hydrogen-bond donors (Lipinski definition) is 2. The standard InChI is InChI=1S/C11H16INO2/c1-2-13-7-9(14)8-15-11-6-4-3-5-10(11)12/h3-6,9,13-14H,2,7-8H2,1H3. The number of hydrogen-bond acceptors (Lipinski definition) is 3. The van der Waals surface area contributed by atoms with Crippen LogP contribution in [0.25, 0.3) is 0 Å². The molecule has 0 spiro atoms. The summed E-state index contributed by atoms with van der Waals surface area (Å²) >= 11 is 2.21. The number of benzene rings is 1. The Labute approximate surface area is 104 Å². The van der Waals surface area contributed by atoms with E-state index in [1.165, 1.54) is 0 Å². The van der Waals surface area contributed by atoms with Crippen molar-refractivity contribution < 1.29 is 9.84 Å². The molecule has 0 aromatic heterocycles. The first kappa shape index (κ1) is 12.7. The van der Waals surface area contributed by atoms with Crippen molar-refractivity contribution in [2.24, 2.45) is 0 Å². The first-order valence-electron chi connectivity index (χ1n) is 5.00. The van der Waals surface area contributed by atoms with E-state index < -0.39 is 6.10 Å². The summed E-state index contributed by atoms with van der Waals surface area (Å²) < 4.78 is 6.56. The Morgan fingerprint density at radius 3 is 2.87 bits per heavy atom. The summed E-state index contributed by atoms with van der Waals surface area (Å²) in [4.78, 5) is 0. The smallest absolute Gasteiger partial charge is 0.132 e. The highest BCUT2D eigenvalue weighted by molar-refractivity contribution is 14.1. The second kappa shape index (κ2) is 7.03. The summed E-state index contributed by atoms with van der Waals surface area (Å²) in [6.07, 6.45) is -0.457. The third kappa shape index (κ3) is 4.81. The van der Waals surface area contributed by atoms with Crippen LogP contribution in [0.2, 0.25) is 0 Å². The molecule has 3 nitrogen and oxygen atoms in total. The fraction of sp³-hybridized carbons (Fsp3) is 0.455. The third-order valence-corrected chi connectivity index (χ3v) is 2.79. The zero-order valence-corrected chi connectivity index (χ0v) is 10.9. The molecule has 1 atom stereocenters. The highest BCUT2D eigenvalue weighted by Gasteiger charge is 2.05. The van der Waals surface area contributed by atoms with Crippen LogP contribution in [0, 0.1) is 3.57 Å². The highest BCUT2D eigenvalue weighted by atomic mass is 127. The maximum Gasteiger partial charge on any atom is 0.132 e. The molecule has 0 aliphatic rings. The second-order valence-corrected chi connectivity index (χ2v) is 4.37. The first-order chi connectivity index (χ1) is 7.24. The minimum absolute atomic E-state index is 0.326. The molecule has 0 fully saturated rings. The largest absolute Gasteiger partial charge is 0.490 e. The molecule has 0 heterocycles. The number of nitrogens with one attached hydrogen (secondary N) is 1. The maximum absolute atomic E-state index is 9.54. The monoisotopic (exact) mass is 321 g/mol. The topological polar surface area (TPSA) is 41.5 Å². The molecule has 4 heteroatoms. The van der Waals surface area contributed by atoms with Crippen LogP contribution in [0.5, 0.6) is 5.75 Å². The average Bonchev–Trinajstić information content (AvgIpc) is 2.25. The Morgan fingerprint density at radius 2 is 2.20 bits per heavy atom. The van der Waals surface area contributed by atoms with Crippen LogP contribution in [-0.2, 0) is 0 Å². The van der Waals surface area contributed by atoms with Gasteiger partial charge in [-0.1, -0.05) is 19.1 Å². The summed E-state index contributed by atoms with van der Waals surface area (Å²) in [5, 5.41) is 12.6. The van der Waals surface area contributed by atoms with Crippen LogP contribution in [0.15, 0.2) is 24.3 Å². The molecule has 0 aliphatic heterocycles. The van der Waals surface area contributed by atoms with Crippen LogP contribution in [-0.4, -0.2) is 30.9 Å². The molecule has 0 saturated carbocycles. The third-order valence-electron chi connectivity index (χ3n) is 1.90. The van der Waals surface area contributed by atoms with Gasteiger partial charge in [0.1, 0.15) is 18.5 Å². The van der Waals surface area contributed by atoms with E-state index in [9.17, 15) is 5.11 Å². The zero-order valence-electron chi connectivity index (χ0n) is 8.74. The number of likely N-dealkylation sites (N-methyl/N-ethyl adjacent to an activating group) is 1. The van der Waals surface area contributed by atoms with Crippen molar-refractivity contribution in [2.45, 2.75) is 13.0 Å². The lowest BCUT2D eigenvalue weighted by molar-refractivity contribution is 0.106. The van der Waals surface area contributed by atoms with E-state index >= 15 is 0 Å². The van der Waals surface area contributed by atoms with Crippen LogP contribution < -0.4 is 10.1 Å². The average molecular weight is 321 g/mol. The van der Waals surface area contributed by atoms with Gasteiger partial charge in [0.05, 0.1) is 3.57 Å². The molecule has 2 N–H and O–H groups in total. The molecule has 1 aromatic carbocycles. The Bertz CT molecular complexity index is 294. The van der Waals surface area contributed by atoms with Gasteiger partial charge in [0.2, 0.25) is 0 Å². The van der Waals surface area contributed by atoms with Gasteiger partial charge in [-0.25, -0.2) is 0 Å². The van der Waals surface area contributed by atoms with Crippen molar-refractivity contribution in [2.75, 3.05) is 19.7 Å². The second-order valence-electron chi connectivity index (χ2n) is 3.20. The van der Waals surface area contributed by atoms with Gasteiger partial charge in [0.25, 0.3) is 0 Å². The number of halogens is 1. The molecule has 84 valence electrons. The van der Waals surface area contributed by atoms with Crippen molar-refractivity contribution in [1.29, 1.82) is 0 Å². The lowest BCUT2D eigenvalue weighted by atomic mass is 10.3. The van der Waals surface area contributed by atoms with E-state index in [-0.39, 0.29) is 0 Å². The Kier molecular flexibility index (Phi) is 5.97. The Balaban J connectivity index is 2.33. The SMILES string of the molecule is CCNCC(O)COc1ccccc1I. The van der Waals surface area contributed by atoms with Gasteiger partial charge < -0.3 is 15.2 Å². The number of ether oxygens (including phenoxy) is 1. The molecule has 1 rings (SSSR count). The summed E-state index contributed by atoms with van der Waals surface area (Å²) in [5.41, 5.74) is 0. The van der Waals surface area contributed by atoms with Gasteiger partial charge >= 0.3 is 0 Å². The molecule has 1 aromatic rings. The normalized spacial score (nSPS) is 12.5. The summed E-state index contributed by atoms with van der Waals surface area (Å²) in [6.45, 7) is 3.76. The van der Waals surface area contributed by atoms with E-state index in [0.29, 0.717) is 13.2 Å². The lowest BCUT2D eigenvalue weighted by Crippen LogP contribution is -2.31. The van der Waals surface area contributed by atoms with Gasteiger partial charge in [-0.05, 0) is 41.3 Å². The fourth-order valence-corrected chi connectivity index (χ4v) is 1.66. The van der Waals surface area contributed by atoms with E-state index in [4.69, 9.17) is 4.74 Å². The van der Waals surface area contributed by atoms with Crippen LogP contribution in [0.1, 0.15) is 6.92 Å². The van der Waals surface area contributed by atoms with E-state index in [2.05, 4.69) is 27.9 Å². The summed E-state index contributed by atoms with van der Waals surface area (Å²) in [6, 6.07) is 7.77. The van der Waals surface area contributed by atoms with Gasteiger partial charge in [-0.15, -0.1) is 0 Å². The lowest BCUT2D eigenvalue weighted by Gasteiger charge is -2.13. The minimum Gasteiger partial charge on any atom is -0.490 e. The van der Waals surface area contributed by atoms with Crippen molar-refractivity contribution in [3.05, 3.63) is 27.8 Å². The van der Waals surface area contributed by atoms with E-state index in [1.54, 1.807) is 0 Å². The molecule has 0 aliphatic carbocycles. The van der Waals surface area contributed by atoms with Crippen LogP contribution in [0.4, 0.5) is 0 Å². The summed E-state index contributed by atoms with van der Waals surface area (Å²) in [5.74, 6) is 0.827. The Hall–Kier alpha value is -0.330. The van der Waals surface area contributed by atoms with Gasteiger partial charge in [-0.3, -0.25) is 0 Å². The van der Waals surface area contributed by atoms with Crippen molar-refractivity contribution in [3.63, 3.8) is 0 Å². The van der Waals surface area contributed by atoms with E-state index in [1.807, 2.05) is 31.2 Å². The zero-order chi connectivity index (χ0) is 11.1. The Morgan fingerprint density at radius 1 is 1.47 bits per heavy atom. The quantitative estimate of drug-likeness (QED) is 0.783. The predicted octanol–water partition coefficient (Wildman–Crippen LogP) is 1.64. The van der Waals surface area contributed by atoms with Crippen LogP contribution >= 0.6 is 22.6 Å². The minimum atomic E-state index is -0.457. The van der Waals surface area contributed by atoms with Gasteiger partial charge in [0, 0.05) is 6.54 Å². The van der Waals surface area contributed by atoms with Gasteiger partial charge in [-0.2, -0.15) is 0 Å². The predicted molar refractivity (Wildman–Crippen MR) is 69.2 cm³/mol. The van der Waals surface area contributed by atoms with Gasteiger partial charge in [0.15, 0.2) is 0 Å². The molecule has 0 bridgehead atoms.